The van der Waals surface area contributed by atoms with Gasteiger partial charge in [-0.2, -0.15) is 0 Å². The molecule has 60 valence electrons. The van der Waals surface area contributed by atoms with Gasteiger partial charge in [0.15, 0.2) is 0 Å². The van der Waals surface area contributed by atoms with E-state index in [4.69, 9.17) is 4.74 Å². The molecule has 1 atom stereocenters. The van der Waals surface area contributed by atoms with Crippen molar-refractivity contribution in [3.63, 3.8) is 0 Å². The van der Waals surface area contributed by atoms with Crippen LogP contribution in [-0.2, 0) is 4.74 Å². The summed E-state index contributed by atoms with van der Waals surface area (Å²) in [4.78, 5) is 0. The number of ether oxygens (including phenoxy) is 1. The first kappa shape index (κ1) is 7.11. The number of hydrogen-bond donors (Lipinski definition) is 0. The molecule has 1 heteroatoms. The lowest BCUT2D eigenvalue weighted by Gasteiger charge is -2.24. The maximum Gasteiger partial charge on any atom is 0.0870 e. The third-order valence-corrected chi connectivity index (χ3v) is 2.67. The standard InChI is InChI=1S/C10H14O/c1-10(7-4-8-11-10)9-5-2-3-6-9/h2-3,5H,4,6-8H2,1H3. The summed E-state index contributed by atoms with van der Waals surface area (Å²) in [5.74, 6) is 0. The Labute approximate surface area is 67.7 Å². The van der Waals surface area contributed by atoms with Crippen LogP contribution < -0.4 is 0 Å². The lowest BCUT2D eigenvalue weighted by Crippen LogP contribution is -2.24. The minimum absolute atomic E-state index is 0.0729. The third-order valence-electron chi connectivity index (χ3n) is 2.67. The van der Waals surface area contributed by atoms with Crippen molar-refractivity contribution >= 4 is 0 Å². The van der Waals surface area contributed by atoms with Crippen molar-refractivity contribution in [3.8, 4) is 0 Å². The second-order valence-electron chi connectivity index (χ2n) is 3.51. The van der Waals surface area contributed by atoms with Crippen LogP contribution in [0.15, 0.2) is 23.8 Å². The topological polar surface area (TPSA) is 9.23 Å². The first-order valence-electron chi connectivity index (χ1n) is 4.31. The summed E-state index contributed by atoms with van der Waals surface area (Å²) in [7, 11) is 0. The van der Waals surface area contributed by atoms with Crippen molar-refractivity contribution in [1.82, 2.24) is 0 Å². The van der Waals surface area contributed by atoms with E-state index in [-0.39, 0.29) is 5.60 Å². The molecule has 0 aromatic carbocycles. The average molecular weight is 150 g/mol. The van der Waals surface area contributed by atoms with Crippen LogP contribution in [0.2, 0.25) is 0 Å². The van der Waals surface area contributed by atoms with Gasteiger partial charge in [0.2, 0.25) is 0 Å². The highest BCUT2D eigenvalue weighted by Crippen LogP contribution is 2.35. The predicted octanol–water partition coefficient (Wildman–Crippen LogP) is 2.44. The predicted molar refractivity (Wildman–Crippen MR) is 45.4 cm³/mol. The molecule has 1 unspecified atom stereocenters. The summed E-state index contributed by atoms with van der Waals surface area (Å²) in [5.41, 5.74) is 1.53. The molecule has 1 aliphatic heterocycles. The number of hydrogen-bond acceptors (Lipinski definition) is 1. The van der Waals surface area contributed by atoms with Gasteiger partial charge < -0.3 is 4.74 Å². The zero-order chi connectivity index (χ0) is 7.73. The second kappa shape index (κ2) is 2.49. The first-order valence-corrected chi connectivity index (χ1v) is 4.31. The highest BCUT2D eigenvalue weighted by atomic mass is 16.5. The van der Waals surface area contributed by atoms with E-state index < -0.39 is 0 Å². The summed E-state index contributed by atoms with van der Waals surface area (Å²) in [6.45, 7) is 3.15. The molecule has 2 aliphatic rings. The largest absolute Gasteiger partial charge is 0.371 e. The lowest BCUT2D eigenvalue weighted by atomic mass is 9.92. The lowest BCUT2D eigenvalue weighted by molar-refractivity contribution is 0.0501. The zero-order valence-electron chi connectivity index (χ0n) is 6.97. The van der Waals surface area contributed by atoms with Gasteiger partial charge in [0.05, 0.1) is 5.60 Å². The molecule has 0 radical (unpaired) electrons. The maximum atomic E-state index is 5.72. The molecule has 2 rings (SSSR count). The van der Waals surface area contributed by atoms with Crippen LogP contribution in [0.3, 0.4) is 0 Å². The summed E-state index contributed by atoms with van der Waals surface area (Å²) in [6.07, 6.45) is 10.0. The van der Waals surface area contributed by atoms with Gasteiger partial charge in [0, 0.05) is 6.61 Å². The molecule has 0 aromatic heterocycles. The van der Waals surface area contributed by atoms with Crippen LogP contribution in [0.5, 0.6) is 0 Å². The average Bonchev–Trinajstić information content (AvgIpc) is 2.55. The van der Waals surface area contributed by atoms with E-state index in [9.17, 15) is 0 Å². The van der Waals surface area contributed by atoms with E-state index >= 15 is 0 Å². The van der Waals surface area contributed by atoms with Gasteiger partial charge >= 0.3 is 0 Å². The van der Waals surface area contributed by atoms with Gasteiger partial charge in [0.25, 0.3) is 0 Å². The Balaban J connectivity index is 2.13. The molecule has 11 heavy (non-hydrogen) atoms. The number of rotatable bonds is 1. The van der Waals surface area contributed by atoms with Gasteiger partial charge in [-0.25, -0.2) is 0 Å². The van der Waals surface area contributed by atoms with E-state index in [0.29, 0.717) is 0 Å². The number of allylic oxidation sites excluding steroid dienone is 3. The molecule has 1 saturated heterocycles. The molecule has 0 N–H and O–H groups in total. The molecule has 0 saturated carbocycles. The molecule has 1 aliphatic carbocycles. The Morgan fingerprint density at radius 1 is 1.55 bits per heavy atom. The summed E-state index contributed by atoms with van der Waals surface area (Å²) >= 11 is 0. The van der Waals surface area contributed by atoms with Crippen molar-refractivity contribution in [2.75, 3.05) is 6.61 Å². The second-order valence-corrected chi connectivity index (χ2v) is 3.51. The fourth-order valence-corrected chi connectivity index (χ4v) is 1.87. The van der Waals surface area contributed by atoms with Crippen LogP contribution in [-0.4, -0.2) is 12.2 Å². The van der Waals surface area contributed by atoms with Gasteiger partial charge in [-0.05, 0) is 31.8 Å². The van der Waals surface area contributed by atoms with E-state index in [1.54, 1.807) is 0 Å². The van der Waals surface area contributed by atoms with Crippen LogP contribution in [0.1, 0.15) is 26.2 Å². The Bertz CT molecular complexity index is 207. The smallest absolute Gasteiger partial charge is 0.0870 e. The van der Waals surface area contributed by atoms with Crippen LogP contribution in [0.25, 0.3) is 0 Å². The molecule has 1 fully saturated rings. The SMILES string of the molecule is CC1(C2=CC=CC2)CCCO1. The van der Waals surface area contributed by atoms with E-state index in [2.05, 4.69) is 25.2 Å². The van der Waals surface area contributed by atoms with E-state index in [0.717, 1.165) is 13.0 Å². The van der Waals surface area contributed by atoms with Crippen molar-refractivity contribution in [1.29, 1.82) is 0 Å². The molecule has 0 amide bonds. The highest BCUT2D eigenvalue weighted by Gasteiger charge is 2.33. The maximum absolute atomic E-state index is 5.72. The van der Waals surface area contributed by atoms with Crippen molar-refractivity contribution in [3.05, 3.63) is 23.8 Å². The fourth-order valence-electron chi connectivity index (χ4n) is 1.87. The van der Waals surface area contributed by atoms with Crippen LogP contribution >= 0.6 is 0 Å². The van der Waals surface area contributed by atoms with Gasteiger partial charge in [-0.15, -0.1) is 0 Å². The minimum atomic E-state index is 0.0729. The van der Waals surface area contributed by atoms with Crippen LogP contribution in [0.4, 0.5) is 0 Å². The molecule has 0 aromatic rings. The third kappa shape index (κ3) is 1.14. The summed E-state index contributed by atoms with van der Waals surface area (Å²) in [6, 6.07) is 0. The molecule has 0 spiro atoms. The minimum Gasteiger partial charge on any atom is -0.371 e. The molecule has 1 heterocycles. The van der Waals surface area contributed by atoms with E-state index in [1.165, 1.54) is 18.4 Å². The highest BCUT2D eigenvalue weighted by molar-refractivity contribution is 5.30. The Morgan fingerprint density at radius 3 is 3.00 bits per heavy atom. The monoisotopic (exact) mass is 150 g/mol. The molecule has 1 nitrogen and oxygen atoms in total. The van der Waals surface area contributed by atoms with Crippen LogP contribution in [0, 0.1) is 0 Å². The molecule has 0 bridgehead atoms. The van der Waals surface area contributed by atoms with Gasteiger partial charge in [0.1, 0.15) is 0 Å². The first-order chi connectivity index (χ1) is 5.31. The quantitative estimate of drug-likeness (QED) is 0.558. The zero-order valence-corrected chi connectivity index (χ0v) is 6.97. The van der Waals surface area contributed by atoms with Crippen molar-refractivity contribution < 1.29 is 4.74 Å². The molecular formula is C10H14O. The van der Waals surface area contributed by atoms with Gasteiger partial charge in [-0.1, -0.05) is 18.2 Å². The van der Waals surface area contributed by atoms with Crippen molar-refractivity contribution in [2.24, 2.45) is 0 Å². The Morgan fingerprint density at radius 2 is 2.45 bits per heavy atom. The summed E-state index contributed by atoms with van der Waals surface area (Å²) in [5, 5.41) is 0. The van der Waals surface area contributed by atoms with Crippen molar-refractivity contribution in [2.45, 2.75) is 31.8 Å². The normalized spacial score (nSPS) is 36.3. The Kier molecular flexibility index (Phi) is 1.61. The molecular weight excluding hydrogens is 136 g/mol. The Hall–Kier alpha value is -0.560. The van der Waals surface area contributed by atoms with E-state index in [1.807, 2.05) is 0 Å². The summed E-state index contributed by atoms with van der Waals surface area (Å²) < 4.78 is 5.72. The fraction of sp³-hybridized carbons (Fsp3) is 0.600. The van der Waals surface area contributed by atoms with Gasteiger partial charge in [-0.3, -0.25) is 0 Å².